The summed E-state index contributed by atoms with van der Waals surface area (Å²) >= 11 is 0. The molecule has 0 aromatic heterocycles. The maximum Gasteiger partial charge on any atom is 0.223 e. The number of nitrogens with zero attached hydrogens (tertiary/aromatic N) is 1. The second-order valence-electron chi connectivity index (χ2n) is 5.93. The fourth-order valence-electron chi connectivity index (χ4n) is 3.04. The molecule has 1 fully saturated rings. The second kappa shape index (κ2) is 4.53. The van der Waals surface area contributed by atoms with Crippen LogP contribution in [0.5, 0.6) is 0 Å². The van der Waals surface area contributed by atoms with Crippen molar-refractivity contribution >= 4 is 11.6 Å². The van der Waals surface area contributed by atoms with Crippen LogP contribution >= 0.6 is 0 Å². The zero-order valence-electron chi connectivity index (χ0n) is 11.2. The highest BCUT2D eigenvalue weighted by Gasteiger charge is 2.35. The number of aliphatic hydroxyl groups is 1. The van der Waals surface area contributed by atoms with Crippen molar-refractivity contribution in [1.29, 1.82) is 0 Å². The van der Waals surface area contributed by atoms with Crippen molar-refractivity contribution in [2.45, 2.75) is 31.3 Å². The van der Waals surface area contributed by atoms with Gasteiger partial charge in [0.05, 0.1) is 5.60 Å². The first-order chi connectivity index (χ1) is 9.05. The molecular formula is C15H20N2O2. The first kappa shape index (κ1) is 12.5. The lowest BCUT2D eigenvalue weighted by Crippen LogP contribution is -2.34. The number of β-amino-alcohol motifs (C(OH)–C–C–N with tert-alkyl or cyclic N) is 1. The Morgan fingerprint density at radius 1 is 1.53 bits per heavy atom. The van der Waals surface area contributed by atoms with E-state index in [2.05, 4.69) is 17.4 Å². The number of likely N-dealkylation sites (tertiary alicyclic amines) is 1. The quantitative estimate of drug-likeness (QED) is 0.848. The maximum absolute atomic E-state index is 12.3. The lowest BCUT2D eigenvalue weighted by Gasteiger charge is -2.20. The summed E-state index contributed by atoms with van der Waals surface area (Å²) in [6.45, 7) is 3.77. The molecule has 2 heterocycles. The summed E-state index contributed by atoms with van der Waals surface area (Å²) in [6, 6.07) is 8.17. The van der Waals surface area contributed by atoms with E-state index in [4.69, 9.17) is 0 Å². The van der Waals surface area contributed by atoms with Gasteiger partial charge in [0.1, 0.15) is 0 Å². The van der Waals surface area contributed by atoms with Crippen molar-refractivity contribution in [3.63, 3.8) is 0 Å². The Bertz CT molecular complexity index is 499. The first-order valence-electron chi connectivity index (χ1n) is 6.88. The summed E-state index contributed by atoms with van der Waals surface area (Å²) in [5.74, 6) is 0.413. The number of anilines is 1. The largest absolute Gasteiger partial charge is 0.388 e. The minimum atomic E-state index is -0.707. The average Bonchev–Trinajstić information content (AvgIpc) is 2.94. The molecule has 0 saturated carbocycles. The molecular weight excluding hydrogens is 240 g/mol. The van der Waals surface area contributed by atoms with Crippen LogP contribution in [0.4, 0.5) is 5.69 Å². The van der Waals surface area contributed by atoms with E-state index in [1.165, 1.54) is 5.56 Å². The Hall–Kier alpha value is -1.55. The van der Waals surface area contributed by atoms with E-state index in [0.717, 1.165) is 12.2 Å². The summed E-state index contributed by atoms with van der Waals surface area (Å²) < 4.78 is 0. The lowest BCUT2D eigenvalue weighted by atomic mass is 9.97. The normalized spacial score (nSPS) is 29.2. The Morgan fingerprint density at radius 2 is 2.32 bits per heavy atom. The van der Waals surface area contributed by atoms with Crippen LogP contribution in [0.15, 0.2) is 24.3 Å². The molecule has 0 radical (unpaired) electrons. The van der Waals surface area contributed by atoms with Crippen molar-refractivity contribution in [2.24, 2.45) is 0 Å². The standard InChI is InChI=1S/C15H20N2O2/c1-15(19)6-7-17(10-15)14(18)8-11-9-16-13-5-3-2-4-12(11)13/h2-5,11,16,19H,6-10H2,1H3. The van der Waals surface area contributed by atoms with Gasteiger partial charge >= 0.3 is 0 Å². The van der Waals surface area contributed by atoms with Crippen molar-refractivity contribution in [3.05, 3.63) is 29.8 Å². The Kier molecular flexibility index (Phi) is 2.97. The highest BCUT2D eigenvalue weighted by Crippen LogP contribution is 2.34. The lowest BCUT2D eigenvalue weighted by molar-refractivity contribution is -0.131. The first-order valence-corrected chi connectivity index (χ1v) is 6.88. The van der Waals surface area contributed by atoms with Gasteiger partial charge in [-0.15, -0.1) is 0 Å². The second-order valence-corrected chi connectivity index (χ2v) is 5.93. The van der Waals surface area contributed by atoms with Gasteiger partial charge in [-0.25, -0.2) is 0 Å². The third kappa shape index (κ3) is 2.45. The third-order valence-electron chi connectivity index (χ3n) is 4.17. The Morgan fingerprint density at radius 3 is 3.05 bits per heavy atom. The predicted octanol–water partition coefficient (Wildman–Crippen LogP) is 1.57. The Labute approximate surface area is 113 Å². The van der Waals surface area contributed by atoms with Gasteiger partial charge in [0.15, 0.2) is 0 Å². The van der Waals surface area contributed by atoms with Gasteiger partial charge in [-0.1, -0.05) is 18.2 Å². The van der Waals surface area contributed by atoms with Crippen LogP contribution in [-0.4, -0.2) is 41.1 Å². The average molecular weight is 260 g/mol. The molecule has 2 aliphatic rings. The fraction of sp³-hybridized carbons (Fsp3) is 0.533. The van der Waals surface area contributed by atoms with Crippen LogP contribution in [0.1, 0.15) is 31.2 Å². The van der Waals surface area contributed by atoms with Crippen molar-refractivity contribution < 1.29 is 9.90 Å². The third-order valence-corrected chi connectivity index (χ3v) is 4.17. The minimum Gasteiger partial charge on any atom is -0.388 e. The molecule has 1 aromatic carbocycles. The van der Waals surface area contributed by atoms with Gasteiger partial charge in [0, 0.05) is 37.7 Å². The number of para-hydroxylation sites is 1. The van der Waals surface area contributed by atoms with E-state index in [0.29, 0.717) is 25.9 Å². The number of nitrogens with one attached hydrogen (secondary N) is 1. The number of hydrogen-bond donors (Lipinski definition) is 2. The van der Waals surface area contributed by atoms with E-state index < -0.39 is 5.60 Å². The molecule has 4 nitrogen and oxygen atoms in total. The van der Waals surface area contributed by atoms with Crippen molar-refractivity contribution in [3.8, 4) is 0 Å². The predicted molar refractivity (Wildman–Crippen MR) is 74.1 cm³/mol. The van der Waals surface area contributed by atoms with Gasteiger partial charge < -0.3 is 15.3 Å². The number of rotatable bonds is 2. The molecule has 19 heavy (non-hydrogen) atoms. The van der Waals surface area contributed by atoms with Gasteiger partial charge in [0.25, 0.3) is 0 Å². The molecule has 4 heteroatoms. The van der Waals surface area contributed by atoms with E-state index in [1.807, 2.05) is 12.1 Å². The molecule has 1 saturated heterocycles. The summed E-state index contributed by atoms with van der Waals surface area (Å²) in [5, 5.41) is 13.3. The number of benzene rings is 1. The van der Waals surface area contributed by atoms with Gasteiger partial charge in [0.2, 0.25) is 5.91 Å². The summed E-state index contributed by atoms with van der Waals surface area (Å²) in [5.41, 5.74) is 1.68. The molecule has 3 rings (SSSR count). The van der Waals surface area contributed by atoms with Crippen LogP contribution < -0.4 is 5.32 Å². The van der Waals surface area contributed by atoms with Crippen LogP contribution in [0.25, 0.3) is 0 Å². The molecule has 2 unspecified atom stereocenters. The summed E-state index contributed by atoms with van der Waals surface area (Å²) in [7, 11) is 0. The van der Waals surface area contributed by atoms with Crippen molar-refractivity contribution in [2.75, 3.05) is 25.0 Å². The number of fused-ring (bicyclic) bond motifs is 1. The number of amides is 1. The zero-order chi connectivity index (χ0) is 13.5. The summed E-state index contributed by atoms with van der Waals surface area (Å²) in [4.78, 5) is 14.1. The summed E-state index contributed by atoms with van der Waals surface area (Å²) in [6.07, 6.45) is 1.21. The smallest absolute Gasteiger partial charge is 0.223 e. The number of hydrogen-bond acceptors (Lipinski definition) is 3. The molecule has 0 spiro atoms. The van der Waals surface area contributed by atoms with Crippen LogP contribution in [0.3, 0.4) is 0 Å². The molecule has 0 bridgehead atoms. The van der Waals surface area contributed by atoms with E-state index in [1.54, 1.807) is 11.8 Å². The molecule has 0 aliphatic carbocycles. The zero-order valence-corrected chi connectivity index (χ0v) is 11.2. The molecule has 1 aromatic rings. The van der Waals surface area contributed by atoms with Gasteiger partial charge in [-0.2, -0.15) is 0 Å². The number of carbonyl (C=O) groups is 1. The van der Waals surface area contributed by atoms with Crippen molar-refractivity contribution in [1.82, 2.24) is 4.90 Å². The van der Waals surface area contributed by atoms with Gasteiger partial charge in [-0.3, -0.25) is 4.79 Å². The van der Waals surface area contributed by atoms with Crippen LogP contribution in [0, 0.1) is 0 Å². The maximum atomic E-state index is 12.3. The Balaban J connectivity index is 1.66. The molecule has 1 amide bonds. The molecule has 102 valence electrons. The van der Waals surface area contributed by atoms with Crippen LogP contribution in [0.2, 0.25) is 0 Å². The van der Waals surface area contributed by atoms with Crippen LogP contribution in [-0.2, 0) is 4.79 Å². The highest BCUT2D eigenvalue weighted by molar-refractivity contribution is 5.78. The number of carbonyl (C=O) groups excluding carboxylic acids is 1. The minimum absolute atomic E-state index is 0.154. The SMILES string of the molecule is CC1(O)CCN(C(=O)CC2CNc3ccccc32)C1. The van der Waals surface area contributed by atoms with E-state index in [-0.39, 0.29) is 11.8 Å². The highest BCUT2D eigenvalue weighted by atomic mass is 16.3. The van der Waals surface area contributed by atoms with E-state index in [9.17, 15) is 9.90 Å². The molecule has 2 N–H and O–H groups in total. The molecule has 2 aliphatic heterocycles. The van der Waals surface area contributed by atoms with Gasteiger partial charge in [-0.05, 0) is 25.0 Å². The monoisotopic (exact) mass is 260 g/mol. The molecule has 2 atom stereocenters. The topological polar surface area (TPSA) is 52.6 Å². The van der Waals surface area contributed by atoms with E-state index >= 15 is 0 Å². The fourth-order valence-corrected chi connectivity index (χ4v) is 3.04.